The number of thiophene rings is 1. The predicted molar refractivity (Wildman–Crippen MR) is 72.2 cm³/mol. The van der Waals surface area contributed by atoms with Crippen molar-refractivity contribution >= 4 is 34.8 Å². The number of nitrogen functional groups attached to an aromatic ring is 1. The van der Waals surface area contributed by atoms with Crippen LogP contribution in [0.3, 0.4) is 0 Å². The standard InChI is InChI=1S/C10H12ClN5OS/c1-5(6-3-4-7(11)18-6)13-9-14-8(12)15-10(16-9)17-2/h3-5H,1-2H3,(H3,12,13,14,15,16). The van der Waals surface area contributed by atoms with E-state index in [1.807, 2.05) is 19.1 Å². The summed E-state index contributed by atoms with van der Waals surface area (Å²) in [5.74, 6) is 0.483. The van der Waals surface area contributed by atoms with Crippen molar-refractivity contribution in [1.82, 2.24) is 15.0 Å². The summed E-state index contributed by atoms with van der Waals surface area (Å²) in [6, 6.07) is 4.00. The minimum atomic E-state index is 0.0222. The van der Waals surface area contributed by atoms with E-state index >= 15 is 0 Å². The van der Waals surface area contributed by atoms with Crippen molar-refractivity contribution in [3.8, 4) is 6.01 Å². The number of halogens is 1. The fourth-order valence-electron chi connectivity index (χ4n) is 1.35. The van der Waals surface area contributed by atoms with Crippen LogP contribution in [-0.2, 0) is 0 Å². The van der Waals surface area contributed by atoms with Crippen molar-refractivity contribution in [2.24, 2.45) is 0 Å². The monoisotopic (exact) mass is 285 g/mol. The van der Waals surface area contributed by atoms with Crippen LogP contribution in [0.4, 0.5) is 11.9 Å². The molecule has 0 spiro atoms. The van der Waals surface area contributed by atoms with Crippen LogP contribution in [0.25, 0.3) is 0 Å². The number of rotatable bonds is 4. The fourth-order valence-corrected chi connectivity index (χ4v) is 2.42. The number of anilines is 2. The first kappa shape index (κ1) is 12.8. The molecule has 0 aliphatic heterocycles. The molecule has 0 saturated carbocycles. The lowest BCUT2D eigenvalue weighted by molar-refractivity contribution is 0.379. The Balaban J connectivity index is 2.16. The SMILES string of the molecule is COc1nc(N)nc(NC(C)c2ccc(Cl)s2)n1. The van der Waals surface area contributed by atoms with Gasteiger partial charge >= 0.3 is 6.01 Å². The normalized spacial score (nSPS) is 12.2. The highest BCUT2D eigenvalue weighted by atomic mass is 35.5. The Morgan fingerprint density at radius 3 is 2.78 bits per heavy atom. The molecular formula is C10H12ClN5OS. The van der Waals surface area contributed by atoms with E-state index in [-0.39, 0.29) is 18.0 Å². The molecule has 8 heteroatoms. The first-order valence-corrected chi connectivity index (χ1v) is 6.35. The molecule has 1 atom stereocenters. The lowest BCUT2D eigenvalue weighted by atomic mass is 10.3. The highest BCUT2D eigenvalue weighted by Crippen LogP contribution is 2.28. The number of ether oxygens (including phenoxy) is 1. The second-order valence-corrected chi connectivity index (χ2v) is 5.26. The Hall–Kier alpha value is -1.60. The minimum absolute atomic E-state index is 0.0222. The van der Waals surface area contributed by atoms with Gasteiger partial charge in [-0.25, -0.2) is 0 Å². The van der Waals surface area contributed by atoms with E-state index in [0.29, 0.717) is 5.95 Å². The van der Waals surface area contributed by atoms with E-state index in [2.05, 4.69) is 20.3 Å². The molecule has 18 heavy (non-hydrogen) atoms. The minimum Gasteiger partial charge on any atom is -0.467 e. The number of hydrogen-bond donors (Lipinski definition) is 2. The van der Waals surface area contributed by atoms with Crippen LogP contribution in [0.2, 0.25) is 4.34 Å². The third kappa shape index (κ3) is 2.99. The van der Waals surface area contributed by atoms with Crippen molar-refractivity contribution in [3.05, 3.63) is 21.3 Å². The molecule has 6 nitrogen and oxygen atoms in total. The highest BCUT2D eigenvalue weighted by Gasteiger charge is 2.11. The Kier molecular flexibility index (Phi) is 3.83. The number of nitrogens with zero attached hydrogens (tertiary/aromatic N) is 3. The van der Waals surface area contributed by atoms with Gasteiger partial charge in [-0.1, -0.05) is 11.6 Å². The summed E-state index contributed by atoms with van der Waals surface area (Å²) in [4.78, 5) is 12.9. The number of nitrogens with two attached hydrogens (primary N) is 1. The summed E-state index contributed by atoms with van der Waals surface area (Å²) < 4.78 is 5.67. The molecule has 0 fully saturated rings. The predicted octanol–water partition coefficient (Wildman–Crippen LogP) is 2.35. The second kappa shape index (κ2) is 5.36. The van der Waals surface area contributed by atoms with Crippen LogP contribution in [-0.4, -0.2) is 22.1 Å². The number of hydrogen-bond acceptors (Lipinski definition) is 7. The average molecular weight is 286 g/mol. The Bertz CT molecular complexity index is 547. The van der Waals surface area contributed by atoms with E-state index in [0.717, 1.165) is 9.21 Å². The summed E-state index contributed by atoms with van der Waals surface area (Å²) in [6.07, 6.45) is 0. The van der Waals surface area contributed by atoms with E-state index in [1.54, 1.807) is 0 Å². The summed E-state index contributed by atoms with van der Waals surface area (Å²) in [7, 11) is 1.47. The van der Waals surface area contributed by atoms with Crippen LogP contribution in [0.5, 0.6) is 6.01 Å². The van der Waals surface area contributed by atoms with Gasteiger partial charge in [0.2, 0.25) is 11.9 Å². The molecule has 0 bridgehead atoms. The third-order valence-electron chi connectivity index (χ3n) is 2.18. The third-order valence-corrected chi connectivity index (χ3v) is 3.60. The van der Waals surface area contributed by atoms with Crippen molar-refractivity contribution in [2.45, 2.75) is 13.0 Å². The van der Waals surface area contributed by atoms with Crippen LogP contribution < -0.4 is 15.8 Å². The zero-order chi connectivity index (χ0) is 13.1. The maximum absolute atomic E-state index is 5.89. The first-order valence-electron chi connectivity index (χ1n) is 5.16. The van der Waals surface area contributed by atoms with E-state index in [9.17, 15) is 0 Å². The molecule has 96 valence electrons. The van der Waals surface area contributed by atoms with Crippen molar-refractivity contribution < 1.29 is 4.74 Å². The van der Waals surface area contributed by atoms with Gasteiger partial charge in [0.1, 0.15) is 0 Å². The Morgan fingerprint density at radius 1 is 1.39 bits per heavy atom. The summed E-state index contributed by atoms with van der Waals surface area (Å²) in [5, 5.41) is 3.12. The van der Waals surface area contributed by atoms with Crippen LogP contribution in [0.15, 0.2) is 12.1 Å². The molecule has 0 radical (unpaired) electrons. The quantitative estimate of drug-likeness (QED) is 0.897. The van der Waals surface area contributed by atoms with Gasteiger partial charge in [-0.15, -0.1) is 11.3 Å². The fraction of sp³-hybridized carbons (Fsp3) is 0.300. The Morgan fingerprint density at radius 2 is 2.17 bits per heavy atom. The highest BCUT2D eigenvalue weighted by molar-refractivity contribution is 7.16. The summed E-state index contributed by atoms with van der Waals surface area (Å²) >= 11 is 7.39. The van der Waals surface area contributed by atoms with Crippen LogP contribution in [0.1, 0.15) is 17.8 Å². The molecule has 0 saturated heterocycles. The number of methoxy groups -OCH3 is 1. The molecule has 0 aliphatic rings. The van der Waals surface area contributed by atoms with E-state index in [4.69, 9.17) is 22.1 Å². The van der Waals surface area contributed by atoms with Gasteiger partial charge in [0, 0.05) is 4.88 Å². The van der Waals surface area contributed by atoms with E-state index < -0.39 is 0 Å². The van der Waals surface area contributed by atoms with Gasteiger partial charge in [0.05, 0.1) is 17.5 Å². The summed E-state index contributed by atoms with van der Waals surface area (Å²) in [5.41, 5.74) is 5.55. The summed E-state index contributed by atoms with van der Waals surface area (Å²) in [6.45, 7) is 1.98. The largest absolute Gasteiger partial charge is 0.467 e. The zero-order valence-corrected chi connectivity index (χ0v) is 11.4. The smallest absolute Gasteiger partial charge is 0.322 e. The molecule has 2 rings (SSSR count). The maximum atomic E-state index is 5.89. The number of aromatic nitrogens is 3. The van der Waals surface area contributed by atoms with Crippen molar-refractivity contribution in [3.63, 3.8) is 0 Å². The molecule has 2 heterocycles. The molecular weight excluding hydrogens is 274 g/mol. The van der Waals surface area contributed by atoms with E-state index in [1.165, 1.54) is 18.4 Å². The van der Waals surface area contributed by atoms with Crippen LogP contribution >= 0.6 is 22.9 Å². The first-order chi connectivity index (χ1) is 8.58. The molecule has 1 unspecified atom stereocenters. The van der Waals surface area contributed by atoms with Crippen molar-refractivity contribution in [1.29, 1.82) is 0 Å². The topological polar surface area (TPSA) is 86.0 Å². The molecule has 3 N–H and O–H groups in total. The maximum Gasteiger partial charge on any atom is 0.322 e. The second-order valence-electron chi connectivity index (χ2n) is 3.51. The molecule has 2 aromatic heterocycles. The van der Waals surface area contributed by atoms with Gasteiger partial charge in [-0.3, -0.25) is 0 Å². The molecule has 0 aromatic carbocycles. The van der Waals surface area contributed by atoms with Gasteiger partial charge in [0.25, 0.3) is 0 Å². The van der Waals surface area contributed by atoms with Gasteiger partial charge < -0.3 is 15.8 Å². The van der Waals surface area contributed by atoms with Gasteiger partial charge in [-0.2, -0.15) is 15.0 Å². The lowest BCUT2D eigenvalue weighted by Gasteiger charge is -2.12. The van der Waals surface area contributed by atoms with Gasteiger partial charge in [-0.05, 0) is 19.1 Å². The Labute approximate surface area is 113 Å². The lowest BCUT2D eigenvalue weighted by Crippen LogP contribution is -2.11. The zero-order valence-electron chi connectivity index (χ0n) is 9.85. The number of nitrogens with one attached hydrogen (secondary N) is 1. The van der Waals surface area contributed by atoms with Crippen LogP contribution in [0, 0.1) is 0 Å². The average Bonchev–Trinajstić information content (AvgIpc) is 2.75. The molecule has 0 aliphatic carbocycles. The van der Waals surface area contributed by atoms with Crippen molar-refractivity contribution in [2.75, 3.05) is 18.2 Å². The molecule has 0 amide bonds. The molecule has 2 aromatic rings. The van der Waals surface area contributed by atoms with Gasteiger partial charge in [0.15, 0.2) is 0 Å².